The van der Waals surface area contributed by atoms with Crippen LogP contribution in [0.3, 0.4) is 0 Å². The predicted octanol–water partition coefficient (Wildman–Crippen LogP) is 5.16. The van der Waals surface area contributed by atoms with Crippen molar-refractivity contribution < 1.29 is 28.5 Å². The summed E-state index contributed by atoms with van der Waals surface area (Å²) in [5, 5.41) is 0. The Labute approximate surface area is 286 Å². The van der Waals surface area contributed by atoms with Crippen LogP contribution in [0.15, 0.2) is 83.7 Å². The molecule has 0 unspecified atom stereocenters. The van der Waals surface area contributed by atoms with Gasteiger partial charge in [0.25, 0.3) is 5.56 Å². The summed E-state index contributed by atoms with van der Waals surface area (Å²) in [4.78, 5) is 48.1. The Morgan fingerprint density at radius 1 is 0.898 bits per heavy atom. The first-order chi connectivity index (χ1) is 23.9. The SMILES string of the molecule is CCCCOc1cccc(Oc2nc3c(c(=O)n2-c2ccccc2)CN(C(=O)C2CN(Cc4ccc(OCC(=O)OCC)cc4)C2)CC3)c1. The highest BCUT2D eigenvalue weighted by atomic mass is 16.6. The third-order valence-electron chi connectivity index (χ3n) is 8.60. The standard InChI is InChI=1S/C38H42N4O7/c1-3-5-20-47-31-12-9-13-32(21-31)49-38-39-34-18-19-41(25-33(34)37(45)42(38)29-10-7-6-8-11-29)36(44)28-23-40(24-28)22-27-14-16-30(17-15-27)48-26-35(43)46-4-2/h6-17,21,28H,3-5,18-20,22-26H2,1-2H3. The van der Waals surface area contributed by atoms with Crippen LogP contribution in [-0.4, -0.2) is 70.7 Å². The molecule has 4 aromatic rings. The van der Waals surface area contributed by atoms with Gasteiger partial charge in [-0.1, -0.05) is 49.7 Å². The molecule has 1 amide bonds. The van der Waals surface area contributed by atoms with E-state index in [1.165, 1.54) is 4.57 Å². The molecule has 0 N–H and O–H groups in total. The third kappa shape index (κ3) is 8.29. The van der Waals surface area contributed by atoms with Gasteiger partial charge in [-0.25, -0.2) is 14.3 Å². The number of aromatic nitrogens is 2. The largest absolute Gasteiger partial charge is 0.493 e. The van der Waals surface area contributed by atoms with Gasteiger partial charge in [-0.05, 0) is 55.3 Å². The summed E-state index contributed by atoms with van der Waals surface area (Å²) in [7, 11) is 0. The first-order valence-electron chi connectivity index (χ1n) is 16.9. The summed E-state index contributed by atoms with van der Waals surface area (Å²) in [6.45, 7) is 7.35. The fourth-order valence-corrected chi connectivity index (χ4v) is 5.99. The average molecular weight is 667 g/mol. The van der Waals surface area contributed by atoms with E-state index in [2.05, 4.69) is 11.8 Å². The lowest BCUT2D eigenvalue weighted by Crippen LogP contribution is -2.55. The minimum Gasteiger partial charge on any atom is -0.493 e. The minimum atomic E-state index is -0.401. The second-order valence-electron chi connectivity index (χ2n) is 12.2. The van der Waals surface area contributed by atoms with Gasteiger partial charge in [0.1, 0.15) is 17.2 Å². The molecule has 6 rings (SSSR count). The lowest BCUT2D eigenvalue weighted by molar-refractivity contribution is -0.145. The Morgan fingerprint density at radius 3 is 2.43 bits per heavy atom. The van der Waals surface area contributed by atoms with E-state index in [1.807, 2.05) is 72.8 Å². The van der Waals surface area contributed by atoms with E-state index >= 15 is 0 Å². The van der Waals surface area contributed by atoms with Crippen molar-refractivity contribution in [3.63, 3.8) is 0 Å². The second kappa shape index (κ2) is 15.8. The number of hydrogen-bond donors (Lipinski definition) is 0. The number of ether oxygens (including phenoxy) is 4. The molecule has 0 bridgehead atoms. The maximum absolute atomic E-state index is 14.1. The van der Waals surface area contributed by atoms with Gasteiger partial charge in [0.05, 0.1) is 42.6 Å². The second-order valence-corrected chi connectivity index (χ2v) is 12.2. The summed E-state index contributed by atoms with van der Waals surface area (Å²) in [5.74, 6) is 1.33. The number of para-hydroxylation sites is 1. The number of nitrogens with zero attached hydrogens (tertiary/aromatic N) is 4. The molecule has 11 nitrogen and oxygen atoms in total. The molecular weight excluding hydrogens is 624 g/mol. The lowest BCUT2D eigenvalue weighted by atomic mass is 9.96. The highest BCUT2D eigenvalue weighted by molar-refractivity contribution is 5.80. The van der Waals surface area contributed by atoms with E-state index in [4.69, 9.17) is 23.9 Å². The van der Waals surface area contributed by atoms with Gasteiger partial charge in [0.2, 0.25) is 5.91 Å². The summed E-state index contributed by atoms with van der Waals surface area (Å²) in [6, 6.07) is 24.4. The van der Waals surface area contributed by atoms with Gasteiger partial charge in [-0.15, -0.1) is 0 Å². The molecule has 1 aromatic heterocycles. The van der Waals surface area contributed by atoms with Crippen LogP contribution >= 0.6 is 0 Å². The Balaban J connectivity index is 1.11. The van der Waals surface area contributed by atoms with E-state index in [1.54, 1.807) is 17.9 Å². The molecule has 0 spiro atoms. The lowest BCUT2D eigenvalue weighted by Gasteiger charge is -2.41. The Kier molecular flexibility index (Phi) is 10.9. The molecule has 3 aromatic carbocycles. The zero-order valence-corrected chi connectivity index (χ0v) is 28.0. The zero-order valence-electron chi connectivity index (χ0n) is 28.0. The van der Waals surface area contributed by atoms with E-state index < -0.39 is 5.97 Å². The van der Waals surface area contributed by atoms with E-state index in [0.717, 1.165) is 18.4 Å². The Morgan fingerprint density at radius 2 is 1.67 bits per heavy atom. The van der Waals surface area contributed by atoms with Crippen molar-refractivity contribution in [2.24, 2.45) is 5.92 Å². The summed E-state index contributed by atoms with van der Waals surface area (Å²) >= 11 is 0. The van der Waals surface area contributed by atoms with Crippen LogP contribution in [-0.2, 0) is 33.8 Å². The van der Waals surface area contributed by atoms with E-state index in [-0.39, 0.29) is 36.5 Å². The molecule has 0 saturated carbocycles. The number of rotatable bonds is 14. The van der Waals surface area contributed by atoms with Crippen LogP contribution < -0.4 is 19.8 Å². The van der Waals surface area contributed by atoms with Crippen molar-refractivity contribution in [2.45, 2.75) is 46.2 Å². The summed E-state index contributed by atoms with van der Waals surface area (Å²) < 4.78 is 24.0. The molecule has 2 aliphatic heterocycles. The van der Waals surface area contributed by atoms with Gasteiger partial charge >= 0.3 is 12.0 Å². The number of fused-ring (bicyclic) bond motifs is 1. The first kappa shape index (κ1) is 33.7. The van der Waals surface area contributed by atoms with E-state index in [0.29, 0.717) is 80.0 Å². The molecule has 1 fully saturated rings. The van der Waals surface area contributed by atoms with E-state index in [9.17, 15) is 14.4 Å². The minimum absolute atomic E-state index is 0.0514. The van der Waals surface area contributed by atoms with Gasteiger partial charge in [-0.3, -0.25) is 14.5 Å². The molecule has 0 radical (unpaired) electrons. The quantitative estimate of drug-likeness (QED) is 0.133. The normalized spacial score (nSPS) is 14.4. The van der Waals surface area contributed by atoms with Crippen LogP contribution in [0.2, 0.25) is 0 Å². The summed E-state index contributed by atoms with van der Waals surface area (Å²) in [6.07, 6.45) is 2.45. The number of esters is 1. The zero-order chi connectivity index (χ0) is 34.2. The Hall–Kier alpha value is -5.16. The highest BCUT2D eigenvalue weighted by Crippen LogP contribution is 2.29. The smallest absolute Gasteiger partial charge is 0.344 e. The van der Waals surface area contributed by atoms with Crippen molar-refractivity contribution in [3.05, 3.63) is 106 Å². The van der Waals surface area contributed by atoms with Crippen molar-refractivity contribution in [3.8, 4) is 28.9 Å². The van der Waals surface area contributed by atoms with Crippen LogP contribution in [0, 0.1) is 5.92 Å². The maximum atomic E-state index is 14.1. The topological polar surface area (TPSA) is 112 Å². The molecule has 2 aliphatic rings. The maximum Gasteiger partial charge on any atom is 0.344 e. The molecule has 49 heavy (non-hydrogen) atoms. The Bertz CT molecular complexity index is 1800. The molecule has 256 valence electrons. The number of likely N-dealkylation sites (tertiary alicyclic amines) is 1. The number of carbonyl (C=O) groups excluding carboxylic acids is 2. The molecule has 1 saturated heterocycles. The molecular formula is C38H42N4O7. The molecule has 0 aliphatic carbocycles. The fourth-order valence-electron chi connectivity index (χ4n) is 5.99. The molecule has 0 atom stereocenters. The average Bonchev–Trinajstić information content (AvgIpc) is 3.10. The monoisotopic (exact) mass is 666 g/mol. The number of unbranched alkanes of at least 4 members (excludes halogenated alkanes) is 1. The molecule has 3 heterocycles. The highest BCUT2D eigenvalue weighted by Gasteiger charge is 2.37. The number of carbonyl (C=O) groups is 2. The van der Waals surface area contributed by atoms with Crippen LogP contribution in [0.1, 0.15) is 43.5 Å². The van der Waals surface area contributed by atoms with Crippen molar-refractivity contribution in [1.29, 1.82) is 0 Å². The first-order valence-corrected chi connectivity index (χ1v) is 16.9. The molecule has 11 heteroatoms. The van der Waals surface area contributed by atoms with Crippen LogP contribution in [0.4, 0.5) is 0 Å². The van der Waals surface area contributed by atoms with Gasteiger partial charge in [-0.2, -0.15) is 0 Å². The summed E-state index contributed by atoms with van der Waals surface area (Å²) in [5.41, 5.74) is 2.63. The third-order valence-corrected chi connectivity index (χ3v) is 8.60. The predicted molar refractivity (Wildman–Crippen MR) is 183 cm³/mol. The van der Waals surface area contributed by atoms with Crippen LogP contribution in [0.5, 0.6) is 23.3 Å². The number of benzene rings is 3. The fraction of sp³-hybridized carbons (Fsp3) is 0.368. The van der Waals surface area contributed by atoms with Crippen molar-refractivity contribution in [2.75, 3.05) is 39.5 Å². The van der Waals surface area contributed by atoms with Gasteiger partial charge in [0, 0.05) is 38.7 Å². The van der Waals surface area contributed by atoms with Crippen LogP contribution in [0.25, 0.3) is 5.69 Å². The number of hydrogen-bond acceptors (Lipinski definition) is 9. The van der Waals surface area contributed by atoms with Gasteiger partial charge < -0.3 is 23.8 Å². The van der Waals surface area contributed by atoms with Crippen molar-refractivity contribution in [1.82, 2.24) is 19.4 Å². The van der Waals surface area contributed by atoms with Gasteiger partial charge in [0.15, 0.2) is 6.61 Å². The van der Waals surface area contributed by atoms with Crippen molar-refractivity contribution >= 4 is 11.9 Å². The number of amides is 1.